The van der Waals surface area contributed by atoms with Crippen LogP contribution in [0, 0.1) is 0 Å². The first-order chi connectivity index (χ1) is 6.73. The van der Waals surface area contributed by atoms with Gasteiger partial charge in [-0.05, 0) is 33.1 Å². The van der Waals surface area contributed by atoms with Gasteiger partial charge in [-0.3, -0.25) is 9.68 Å². The second kappa shape index (κ2) is 5.69. The van der Waals surface area contributed by atoms with Crippen LogP contribution in [0.2, 0.25) is 0 Å². The first-order valence-electron chi connectivity index (χ1n) is 5.79. The molecule has 1 aliphatic heterocycles. The van der Waals surface area contributed by atoms with Crippen molar-refractivity contribution in [2.45, 2.75) is 58.4 Å². The molecule has 0 aliphatic carbocycles. The van der Waals surface area contributed by atoms with Gasteiger partial charge in [-0.25, -0.2) is 0 Å². The Morgan fingerprint density at radius 1 is 1.43 bits per heavy atom. The third kappa shape index (κ3) is 2.94. The van der Waals surface area contributed by atoms with Crippen molar-refractivity contribution in [1.29, 1.82) is 0 Å². The highest BCUT2D eigenvalue weighted by Gasteiger charge is 2.36. The van der Waals surface area contributed by atoms with E-state index in [-0.39, 0.29) is 5.54 Å². The molecule has 84 valence electrons. The Kier molecular flexibility index (Phi) is 4.85. The quantitative estimate of drug-likeness (QED) is 0.682. The Morgan fingerprint density at radius 2 is 2.21 bits per heavy atom. The van der Waals surface area contributed by atoms with Gasteiger partial charge in [0.05, 0.1) is 18.8 Å². The standard InChI is InChI=1S/C11H23NO2/c1-4-6-8-11(3)9-7-10-14-12(11)13-5-2/h4-10H2,1-3H3. The van der Waals surface area contributed by atoms with E-state index in [9.17, 15) is 0 Å². The largest absolute Gasteiger partial charge is 0.274 e. The zero-order valence-electron chi connectivity index (χ0n) is 9.71. The van der Waals surface area contributed by atoms with E-state index in [0.29, 0.717) is 6.61 Å². The summed E-state index contributed by atoms with van der Waals surface area (Å²) in [5, 5.41) is 1.74. The summed E-state index contributed by atoms with van der Waals surface area (Å²) in [6.45, 7) is 7.93. The van der Waals surface area contributed by atoms with Gasteiger partial charge >= 0.3 is 0 Å². The van der Waals surface area contributed by atoms with Crippen molar-refractivity contribution < 1.29 is 9.68 Å². The van der Waals surface area contributed by atoms with Gasteiger partial charge in [0.25, 0.3) is 0 Å². The van der Waals surface area contributed by atoms with Gasteiger partial charge in [0.2, 0.25) is 0 Å². The third-order valence-electron chi connectivity index (χ3n) is 2.82. The first-order valence-corrected chi connectivity index (χ1v) is 5.79. The van der Waals surface area contributed by atoms with Crippen LogP contribution in [0.5, 0.6) is 0 Å². The van der Waals surface area contributed by atoms with Crippen LogP contribution >= 0.6 is 0 Å². The molecule has 0 aromatic rings. The molecule has 0 spiro atoms. The molecule has 1 unspecified atom stereocenters. The summed E-state index contributed by atoms with van der Waals surface area (Å²) in [7, 11) is 0. The fourth-order valence-electron chi connectivity index (χ4n) is 1.93. The molecule has 0 saturated carbocycles. The van der Waals surface area contributed by atoms with Gasteiger partial charge in [-0.15, -0.1) is 0 Å². The SMILES string of the molecule is CCCCC1(C)CCCON1OCC. The highest BCUT2D eigenvalue weighted by Crippen LogP contribution is 2.31. The second-order valence-electron chi connectivity index (χ2n) is 4.21. The smallest absolute Gasteiger partial charge is 0.0712 e. The van der Waals surface area contributed by atoms with Crippen LogP contribution < -0.4 is 0 Å². The lowest BCUT2D eigenvalue weighted by molar-refractivity contribution is -0.425. The molecule has 1 aliphatic rings. The summed E-state index contributed by atoms with van der Waals surface area (Å²) in [5.74, 6) is 0. The molecule has 0 N–H and O–H groups in total. The lowest BCUT2D eigenvalue weighted by Crippen LogP contribution is -2.49. The lowest BCUT2D eigenvalue weighted by atomic mass is 9.90. The maximum atomic E-state index is 5.54. The Bertz CT molecular complexity index is 161. The van der Waals surface area contributed by atoms with E-state index in [0.717, 1.165) is 19.4 Å². The Morgan fingerprint density at radius 3 is 2.86 bits per heavy atom. The molecule has 3 heteroatoms. The molecule has 14 heavy (non-hydrogen) atoms. The fourth-order valence-corrected chi connectivity index (χ4v) is 1.93. The minimum absolute atomic E-state index is 0.0876. The van der Waals surface area contributed by atoms with Crippen molar-refractivity contribution in [2.24, 2.45) is 0 Å². The average molecular weight is 201 g/mol. The fraction of sp³-hybridized carbons (Fsp3) is 1.00. The highest BCUT2D eigenvalue weighted by atomic mass is 17.0. The lowest BCUT2D eigenvalue weighted by Gasteiger charge is -2.42. The van der Waals surface area contributed by atoms with Crippen LogP contribution in [0.15, 0.2) is 0 Å². The normalized spacial score (nSPS) is 29.4. The van der Waals surface area contributed by atoms with Crippen LogP contribution in [0.25, 0.3) is 0 Å². The molecule has 0 amide bonds. The van der Waals surface area contributed by atoms with Crippen molar-refractivity contribution in [3.8, 4) is 0 Å². The first kappa shape index (κ1) is 12.0. The van der Waals surface area contributed by atoms with E-state index < -0.39 is 0 Å². The monoisotopic (exact) mass is 201 g/mol. The molecule has 3 nitrogen and oxygen atoms in total. The van der Waals surface area contributed by atoms with Gasteiger partial charge in [0.15, 0.2) is 0 Å². The predicted octanol–water partition coefficient (Wildman–Crippen LogP) is 2.91. The van der Waals surface area contributed by atoms with Gasteiger partial charge in [-0.2, -0.15) is 0 Å². The summed E-state index contributed by atoms with van der Waals surface area (Å²) in [6.07, 6.45) is 5.94. The minimum Gasteiger partial charge on any atom is -0.274 e. The Balaban J connectivity index is 2.49. The van der Waals surface area contributed by atoms with E-state index in [2.05, 4.69) is 13.8 Å². The van der Waals surface area contributed by atoms with E-state index >= 15 is 0 Å². The van der Waals surface area contributed by atoms with Crippen LogP contribution in [-0.2, 0) is 9.68 Å². The average Bonchev–Trinajstić information content (AvgIpc) is 2.19. The van der Waals surface area contributed by atoms with Crippen molar-refractivity contribution in [2.75, 3.05) is 13.2 Å². The van der Waals surface area contributed by atoms with Gasteiger partial charge < -0.3 is 0 Å². The van der Waals surface area contributed by atoms with Gasteiger partial charge in [0.1, 0.15) is 0 Å². The molecule has 0 radical (unpaired) electrons. The third-order valence-corrected chi connectivity index (χ3v) is 2.82. The number of unbranched alkanes of at least 4 members (excludes halogenated alkanes) is 1. The Hall–Kier alpha value is -0.120. The molecule has 0 aromatic carbocycles. The number of nitrogens with zero attached hydrogens (tertiary/aromatic N) is 1. The van der Waals surface area contributed by atoms with Crippen molar-refractivity contribution >= 4 is 0 Å². The minimum atomic E-state index is 0.0876. The second-order valence-corrected chi connectivity index (χ2v) is 4.21. The molecular weight excluding hydrogens is 178 g/mol. The zero-order valence-corrected chi connectivity index (χ0v) is 9.71. The zero-order chi connectivity index (χ0) is 10.4. The van der Waals surface area contributed by atoms with Crippen molar-refractivity contribution in [3.05, 3.63) is 0 Å². The van der Waals surface area contributed by atoms with E-state index in [1.165, 1.54) is 19.3 Å². The van der Waals surface area contributed by atoms with Crippen LogP contribution in [-0.4, -0.2) is 24.0 Å². The van der Waals surface area contributed by atoms with Crippen molar-refractivity contribution in [1.82, 2.24) is 5.23 Å². The molecule has 0 bridgehead atoms. The molecule has 1 heterocycles. The number of rotatable bonds is 5. The van der Waals surface area contributed by atoms with E-state index in [4.69, 9.17) is 9.68 Å². The van der Waals surface area contributed by atoms with Gasteiger partial charge in [0, 0.05) is 0 Å². The molecule has 0 aromatic heterocycles. The summed E-state index contributed by atoms with van der Waals surface area (Å²) < 4.78 is 0. The number of hydroxylamine groups is 2. The van der Waals surface area contributed by atoms with Crippen LogP contribution in [0.4, 0.5) is 0 Å². The molecule has 1 fully saturated rings. The summed E-state index contributed by atoms with van der Waals surface area (Å²) in [4.78, 5) is 11.0. The summed E-state index contributed by atoms with van der Waals surface area (Å²) in [6, 6.07) is 0. The number of hydrogen-bond donors (Lipinski definition) is 0. The van der Waals surface area contributed by atoms with Crippen LogP contribution in [0.3, 0.4) is 0 Å². The molecule has 1 atom stereocenters. The maximum absolute atomic E-state index is 5.54. The molecule has 1 rings (SSSR count). The Labute approximate surface area is 87.3 Å². The topological polar surface area (TPSA) is 21.7 Å². The van der Waals surface area contributed by atoms with E-state index in [1.807, 2.05) is 6.92 Å². The van der Waals surface area contributed by atoms with Crippen molar-refractivity contribution in [3.63, 3.8) is 0 Å². The van der Waals surface area contributed by atoms with Crippen LogP contribution in [0.1, 0.15) is 52.9 Å². The molecule has 1 saturated heterocycles. The predicted molar refractivity (Wildman–Crippen MR) is 56.6 cm³/mol. The summed E-state index contributed by atoms with van der Waals surface area (Å²) >= 11 is 0. The maximum Gasteiger partial charge on any atom is 0.0712 e. The highest BCUT2D eigenvalue weighted by molar-refractivity contribution is 4.81. The van der Waals surface area contributed by atoms with Gasteiger partial charge in [-0.1, -0.05) is 25.0 Å². The summed E-state index contributed by atoms with van der Waals surface area (Å²) in [5.41, 5.74) is 0.0876. The molecular formula is C11H23NO2. The van der Waals surface area contributed by atoms with E-state index in [1.54, 1.807) is 5.23 Å². The number of hydrogen-bond acceptors (Lipinski definition) is 3.